The quantitative estimate of drug-likeness (QED) is 0.872. The normalized spacial score (nSPS) is 14.6. The lowest BCUT2D eigenvalue weighted by atomic mass is 9.92. The van der Waals surface area contributed by atoms with Crippen LogP contribution in [0.25, 0.3) is 11.3 Å². The van der Waals surface area contributed by atoms with E-state index in [1.54, 1.807) is 4.68 Å². The molecule has 5 nitrogen and oxygen atoms in total. The van der Waals surface area contributed by atoms with Gasteiger partial charge in [0, 0.05) is 7.05 Å². The largest absolute Gasteiger partial charge is 0.611 e. The van der Waals surface area contributed by atoms with Gasteiger partial charge >= 0.3 is 0 Å². The number of hydrogen-bond donors (Lipinski definition) is 1. The molecule has 1 amide bonds. The van der Waals surface area contributed by atoms with Gasteiger partial charge in [0.1, 0.15) is 10.6 Å². The minimum atomic E-state index is -1.10. The second kappa shape index (κ2) is 5.47. The molecule has 0 saturated heterocycles. The van der Waals surface area contributed by atoms with Gasteiger partial charge in [0.2, 0.25) is 4.21 Å². The van der Waals surface area contributed by atoms with E-state index in [-0.39, 0.29) is 0 Å². The summed E-state index contributed by atoms with van der Waals surface area (Å²) in [6, 6.07) is 0. The monoisotopic (exact) mass is 323 g/mol. The van der Waals surface area contributed by atoms with Crippen LogP contribution in [0.4, 0.5) is 0 Å². The molecule has 1 unspecified atom stereocenters. The molecule has 2 heterocycles. The van der Waals surface area contributed by atoms with E-state index in [2.05, 4.69) is 5.10 Å². The number of hydrogen-bond acceptors (Lipinski definition) is 4. The molecule has 3 rings (SSSR count). The molecule has 0 saturated carbocycles. The second-order valence-electron chi connectivity index (χ2n) is 5.13. The third-order valence-corrected chi connectivity index (χ3v) is 6.94. The molecule has 0 fully saturated rings. The Hall–Kier alpha value is -1.31. The molecule has 0 radical (unpaired) electrons. The highest BCUT2D eigenvalue weighted by molar-refractivity contribution is 7.93. The Balaban J connectivity index is 2.24. The molecule has 0 spiro atoms. The number of fused-ring (bicyclic) bond motifs is 3. The number of aryl methyl sites for hydroxylation is 2. The van der Waals surface area contributed by atoms with Crippen LogP contribution in [0.2, 0.25) is 0 Å². The van der Waals surface area contributed by atoms with Crippen LogP contribution in [0.5, 0.6) is 0 Å². The highest BCUT2D eigenvalue weighted by Crippen LogP contribution is 2.44. The van der Waals surface area contributed by atoms with Crippen LogP contribution in [0.1, 0.15) is 34.1 Å². The number of carbonyl (C=O) groups excluding carboxylic acids is 1. The van der Waals surface area contributed by atoms with Gasteiger partial charge < -0.3 is 10.3 Å². The number of carbonyl (C=O) groups is 1. The summed E-state index contributed by atoms with van der Waals surface area (Å²) < 4.78 is 15.1. The Labute approximate surface area is 130 Å². The summed E-state index contributed by atoms with van der Waals surface area (Å²) in [5, 5.41) is 4.30. The van der Waals surface area contributed by atoms with Crippen molar-refractivity contribution in [3.05, 3.63) is 22.2 Å². The summed E-state index contributed by atoms with van der Waals surface area (Å²) >= 11 is 0.193. The highest BCUT2D eigenvalue weighted by atomic mass is 32.2. The molecular weight excluding hydrogens is 306 g/mol. The van der Waals surface area contributed by atoms with E-state index < -0.39 is 17.1 Å². The highest BCUT2D eigenvalue weighted by Gasteiger charge is 2.34. The Kier molecular flexibility index (Phi) is 3.81. The van der Waals surface area contributed by atoms with E-state index in [9.17, 15) is 9.35 Å². The average molecular weight is 323 g/mol. The number of aromatic nitrogens is 2. The third kappa shape index (κ3) is 2.29. The molecule has 21 heavy (non-hydrogen) atoms. The first-order chi connectivity index (χ1) is 10.0. The van der Waals surface area contributed by atoms with E-state index in [1.807, 2.05) is 20.2 Å². The number of nitrogens with two attached hydrogens (primary N) is 1. The fourth-order valence-electron chi connectivity index (χ4n) is 2.81. The van der Waals surface area contributed by atoms with Crippen LogP contribution >= 0.6 is 11.3 Å². The summed E-state index contributed by atoms with van der Waals surface area (Å²) in [6.45, 7) is 2.00. The molecule has 2 aromatic rings. The number of rotatable bonds is 4. The number of nitrogens with zero attached hydrogens (tertiary/aromatic N) is 2. The Morgan fingerprint density at radius 1 is 1.57 bits per heavy atom. The van der Waals surface area contributed by atoms with E-state index in [1.165, 1.54) is 11.3 Å². The fraction of sp³-hybridized carbons (Fsp3) is 0.429. The van der Waals surface area contributed by atoms with Gasteiger partial charge in [0.05, 0.1) is 17.5 Å². The summed E-state index contributed by atoms with van der Waals surface area (Å²) in [7, 11) is 1.88. The van der Waals surface area contributed by atoms with Gasteiger partial charge in [-0.05, 0) is 41.6 Å². The van der Waals surface area contributed by atoms with Gasteiger partial charge in [0.25, 0.3) is 5.91 Å². The Morgan fingerprint density at radius 2 is 2.33 bits per heavy atom. The maximum Gasteiger partial charge on any atom is 0.259 e. The standard InChI is InChI=1S/C14H17N3O2S2/c1-3-6-21(19)14-10-9(12(20-14)13(15)18)5-4-8-7-16-17(2)11(8)10/h7H,3-6H2,1-2H3,(H2,15,18). The van der Waals surface area contributed by atoms with Crippen LogP contribution in [-0.4, -0.2) is 26.0 Å². The Bertz CT molecular complexity index is 705. The first-order valence-corrected chi connectivity index (χ1v) is 9.03. The predicted molar refractivity (Wildman–Crippen MR) is 84.0 cm³/mol. The molecule has 1 aliphatic carbocycles. The minimum absolute atomic E-state index is 0.429. The van der Waals surface area contributed by atoms with Crippen LogP contribution < -0.4 is 5.73 Å². The van der Waals surface area contributed by atoms with Gasteiger partial charge in [-0.15, -0.1) is 0 Å². The van der Waals surface area contributed by atoms with Gasteiger partial charge in [0.15, 0.2) is 0 Å². The van der Waals surface area contributed by atoms with E-state index in [0.29, 0.717) is 10.6 Å². The number of amides is 1. The van der Waals surface area contributed by atoms with Crippen LogP contribution in [0, 0.1) is 0 Å². The van der Waals surface area contributed by atoms with Crippen molar-refractivity contribution in [3.8, 4) is 11.3 Å². The molecule has 1 aliphatic rings. The first kappa shape index (κ1) is 14.6. The molecule has 0 bridgehead atoms. The smallest absolute Gasteiger partial charge is 0.259 e. The molecular formula is C14H17N3O2S2. The van der Waals surface area contributed by atoms with Gasteiger partial charge in [-0.1, -0.05) is 18.3 Å². The third-order valence-electron chi connectivity index (χ3n) is 3.69. The maximum absolute atomic E-state index is 12.5. The second-order valence-corrected chi connectivity index (χ2v) is 7.91. The van der Waals surface area contributed by atoms with Crippen LogP contribution in [0.3, 0.4) is 0 Å². The van der Waals surface area contributed by atoms with Crippen molar-refractivity contribution in [3.63, 3.8) is 0 Å². The van der Waals surface area contributed by atoms with Crippen molar-refractivity contribution in [2.24, 2.45) is 12.8 Å². The molecule has 0 aliphatic heterocycles. The Morgan fingerprint density at radius 3 is 3.00 bits per heavy atom. The molecule has 0 aromatic carbocycles. The van der Waals surface area contributed by atoms with Crippen molar-refractivity contribution in [1.82, 2.24) is 9.78 Å². The molecule has 2 aromatic heterocycles. The number of thiophene rings is 1. The lowest BCUT2D eigenvalue weighted by molar-refractivity contribution is 0.100. The van der Waals surface area contributed by atoms with Crippen LogP contribution in [-0.2, 0) is 31.1 Å². The zero-order valence-corrected chi connectivity index (χ0v) is 13.6. The summed E-state index contributed by atoms with van der Waals surface area (Å²) in [5.41, 5.74) is 9.52. The van der Waals surface area contributed by atoms with Crippen molar-refractivity contribution >= 4 is 28.4 Å². The van der Waals surface area contributed by atoms with E-state index in [4.69, 9.17) is 5.73 Å². The van der Waals surface area contributed by atoms with Gasteiger partial charge in [-0.3, -0.25) is 9.48 Å². The summed E-state index contributed by atoms with van der Waals surface area (Å²) in [4.78, 5) is 12.3. The van der Waals surface area contributed by atoms with E-state index in [0.717, 1.165) is 45.9 Å². The molecule has 1 atom stereocenters. The van der Waals surface area contributed by atoms with Crippen LogP contribution in [0.15, 0.2) is 10.4 Å². The van der Waals surface area contributed by atoms with E-state index >= 15 is 0 Å². The minimum Gasteiger partial charge on any atom is -0.611 e. The lowest BCUT2D eigenvalue weighted by Gasteiger charge is -2.16. The number of primary amides is 1. The summed E-state index contributed by atoms with van der Waals surface area (Å²) in [6.07, 6.45) is 4.29. The fourth-order valence-corrected chi connectivity index (χ4v) is 5.62. The topological polar surface area (TPSA) is 84.0 Å². The molecule has 2 N–H and O–H groups in total. The van der Waals surface area contributed by atoms with Crippen molar-refractivity contribution < 1.29 is 9.35 Å². The van der Waals surface area contributed by atoms with Crippen molar-refractivity contribution in [2.75, 3.05) is 5.75 Å². The van der Waals surface area contributed by atoms with Crippen molar-refractivity contribution in [1.29, 1.82) is 0 Å². The first-order valence-electron chi connectivity index (χ1n) is 6.89. The average Bonchev–Trinajstić information content (AvgIpc) is 3.00. The zero-order valence-electron chi connectivity index (χ0n) is 12.0. The molecule has 112 valence electrons. The molecule has 7 heteroatoms. The van der Waals surface area contributed by atoms with Crippen molar-refractivity contribution in [2.45, 2.75) is 30.4 Å². The van der Waals surface area contributed by atoms with Gasteiger partial charge in [-0.25, -0.2) is 0 Å². The summed E-state index contributed by atoms with van der Waals surface area (Å²) in [5.74, 6) is 0.167. The predicted octanol–water partition coefficient (Wildman–Crippen LogP) is 1.86. The lowest BCUT2D eigenvalue weighted by Crippen LogP contribution is -2.14. The zero-order chi connectivity index (χ0) is 15.1. The maximum atomic E-state index is 12.5. The SMILES string of the molecule is CCC[S+]([O-])c1sc(C(N)=O)c2c1-c1c(cnn1C)CC2. The van der Waals surface area contributed by atoms with Gasteiger partial charge in [-0.2, -0.15) is 5.10 Å².